The van der Waals surface area contributed by atoms with Crippen LogP contribution in [0.3, 0.4) is 0 Å². The Kier molecular flexibility index (Phi) is 6.09. The van der Waals surface area contributed by atoms with E-state index in [9.17, 15) is 4.79 Å². The largest absolute Gasteiger partial charge is 0.471 e. The van der Waals surface area contributed by atoms with Crippen LogP contribution in [-0.4, -0.2) is 49.1 Å². The summed E-state index contributed by atoms with van der Waals surface area (Å²) in [5.74, 6) is 0.243. The number of aliphatic imine (C=N–C) groups is 2. The zero-order valence-corrected chi connectivity index (χ0v) is 11.9. The van der Waals surface area contributed by atoms with Crippen molar-refractivity contribution >= 4 is 24.2 Å². The molecule has 0 saturated heterocycles. The van der Waals surface area contributed by atoms with E-state index < -0.39 is 0 Å². The number of carbonyl (C=O) groups is 1. The summed E-state index contributed by atoms with van der Waals surface area (Å²) in [6.45, 7) is 5.10. The van der Waals surface area contributed by atoms with Crippen molar-refractivity contribution in [2.24, 2.45) is 9.98 Å². The first-order valence-electron chi connectivity index (χ1n) is 6.00. The molecule has 0 atom stereocenters. The quantitative estimate of drug-likeness (QED) is 0.605. The molecule has 0 unspecified atom stereocenters. The number of likely N-dealkylation sites (N-methyl/N-ethyl adjacent to an activating group) is 1. The third kappa shape index (κ3) is 5.01. The summed E-state index contributed by atoms with van der Waals surface area (Å²) < 4.78 is 5.23. The number of hydrogen-bond acceptors (Lipinski definition) is 5. The molecular formula is C14H18N4O2. The molecule has 0 N–H and O–H groups in total. The van der Waals surface area contributed by atoms with Crippen LogP contribution >= 0.6 is 0 Å². The molecule has 0 saturated carbocycles. The molecule has 6 nitrogen and oxygen atoms in total. The Morgan fingerprint density at radius 3 is 2.80 bits per heavy atom. The van der Waals surface area contributed by atoms with Gasteiger partial charge in [0.25, 0.3) is 5.91 Å². The summed E-state index contributed by atoms with van der Waals surface area (Å²) in [5.41, 5.74) is 1.20. The minimum absolute atomic E-state index is 0.0450. The molecule has 0 aliphatic heterocycles. The van der Waals surface area contributed by atoms with Gasteiger partial charge in [0, 0.05) is 27.2 Å². The lowest BCUT2D eigenvalue weighted by molar-refractivity contribution is -0.131. The molecule has 20 heavy (non-hydrogen) atoms. The van der Waals surface area contributed by atoms with Gasteiger partial charge >= 0.3 is 0 Å². The Hall–Kier alpha value is -2.50. The molecule has 0 aromatic carbocycles. The maximum absolute atomic E-state index is 11.4. The Balaban J connectivity index is 2.70. The Bertz CT molecular complexity index is 521. The molecule has 1 amide bonds. The monoisotopic (exact) mass is 274 g/mol. The van der Waals surface area contributed by atoms with Crippen LogP contribution in [0.1, 0.15) is 12.6 Å². The average Bonchev–Trinajstić information content (AvgIpc) is 2.46. The SMILES string of the molecule is C=N/C(=C\N=C(/C)OCC(=O)N(C)C)c1ccccn1. The lowest BCUT2D eigenvalue weighted by atomic mass is 10.3. The van der Waals surface area contributed by atoms with Gasteiger partial charge in [-0.25, -0.2) is 4.99 Å². The maximum atomic E-state index is 11.4. The lowest BCUT2D eigenvalue weighted by Gasteiger charge is -2.10. The highest BCUT2D eigenvalue weighted by Gasteiger charge is 2.04. The van der Waals surface area contributed by atoms with Crippen molar-refractivity contribution in [3.05, 3.63) is 36.3 Å². The van der Waals surface area contributed by atoms with E-state index in [1.165, 1.54) is 11.1 Å². The smallest absolute Gasteiger partial charge is 0.260 e. The van der Waals surface area contributed by atoms with Crippen molar-refractivity contribution in [3.8, 4) is 0 Å². The van der Waals surface area contributed by atoms with E-state index in [-0.39, 0.29) is 12.5 Å². The molecule has 1 aromatic heterocycles. The molecule has 0 bridgehead atoms. The molecule has 1 aromatic rings. The van der Waals surface area contributed by atoms with Crippen molar-refractivity contribution in [2.75, 3.05) is 20.7 Å². The number of aromatic nitrogens is 1. The van der Waals surface area contributed by atoms with Gasteiger partial charge in [0.15, 0.2) is 12.5 Å². The van der Waals surface area contributed by atoms with Gasteiger partial charge in [-0.05, 0) is 18.9 Å². The number of nitrogens with zero attached hydrogens (tertiary/aromatic N) is 4. The molecule has 1 rings (SSSR count). The maximum Gasteiger partial charge on any atom is 0.260 e. The fourth-order valence-corrected chi connectivity index (χ4v) is 1.19. The number of ether oxygens (including phenoxy) is 1. The van der Waals surface area contributed by atoms with Crippen molar-refractivity contribution in [1.82, 2.24) is 9.88 Å². The minimum atomic E-state index is -0.129. The second-order valence-corrected chi connectivity index (χ2v) is 4.11. The zero-order valence-electron chi connectivity index (χ0n) is 11.9. The zero-order chi connectivity index (χ0) is 15.0. The van der Waals surface area contributed by atoms with Crippen molar-refractivity contribution < 1.29 is 9.53 Å². The molecule has 106 valence electrons. The minimum Gasteiger partial charge on any atom is -0.471 e. The van der Waals surface area contributed by atoms with Gasteiger partial charge in [-0.3, -0.25) is 14.8 Å². The van der Waals surface area contributed by atoms with Crippen LogP contribution in [0.25, 0.3) is 5.70 Å². The first-order valence-corrected chi connectivity index (χ1v) is 6.00. The van der Waals surface area contributed by atoms with Crippen molar-refractivity contribution in [2.45, 2.75) is 6.92 Å². The molecule has 1 heterocycles. The third-order valence-corrected chi connectivity index (χ3v) is 2.37. The Labute approximate surface area is 118 Å². The molecule has 0 radical (unpaired) electrons. The van der Waals surface area contributed by atoms with Crippen molar-refractivity contribution in [3.63, 3.8) is 0 Å². The normalized spacial score (nSPS) is 11.9. The number of carbonyl (C=O) groups excluding carboxylic acids is 1. The third-order valence-electron chi connectivity index (χ3n) is 2.37. The average molecular weight is 274 g/mol. The van der Waals surface area contributed by atoms with Crippen LogP contribution in [-0.2, 0) is 9.53 Å². The van der Waals surface area contributed by atoms with Gasteiger partial charge in [-0.1, -0.05) is 6.07 Å². The van der Waals surface area contributed by atoms with Crippen LogP contribution in [0.5, 0.6) is 0 Å². The summed E-state index contributed by atoms with van der Waals surface area (Å²) in [7, 11) is 3.33. The first-order chi connectivity index (χ1) is 9.54. The second-order valence-electron chi connectivity index (χ2n) is 4.11. The standard InChI is InChI=1S/C14H18N4O2/c1-11(20-10-14(19)18(3)4)17-9-13(15-2)12-7-5-6-8-16-12/h5-9H,2,10H2,1,3-4H3/b13-9-,17-11+. The van der Waals surface area contributed by atoms with Gasteiger partial charge < -0.3 is 9.64 Å². The lowest BCUT2D eigenvalue weighted by Crippen LogP contribution is -2.27. The van der Waals surface area contributed by atoms with E-state index in [0.29, 0.717) is 17.3 Å². The van der Waals surface area contributed by atoms with Gasteiger partial charge in [-0.2, -0.15) is 0 Å². The van der Waals surface area contributed by atoms with Gasteiger partial charge in [0.1, 0.15) is 5.70 Å². The van der Waals surface area contributed by atoms with E-state index in [1.54, 1.807) is 27.2 Å². The molecule has 0 aliphatic carbocycles. The highest BCUT2D eigenvalue weighted by atomic mass is 16.5. The highest BCUT2D eigenvalue weighted by Crippen LogP contribution is 2.11. The summed E-state index contributed by atoms with van der Waals surface area (Å²) in [6.07, 6.45) is 3.17. The van der Waals surface area contributed by atoms with Gasteiger partial charge in [0.2, 0.25) is 0 Å². The summed E-state index contributed by atoms with van der Waals surface area (Å²) in [4.78, 5) is 24.9. The fraction of sp³-hybridized carbons (Fsp3) is 0.286. The summed E-state index contributed by atoms with van der Waals surface area (Å²) >= 11 is 0. The van der Waals surface area contributed by atoms with E-state index in [0.717, 1.165) is 0 Å². The Morgan fingerprint density at radius 1 is 1.50 bits per heavy atom. The molecule has 0 aliphatic rings. The topological polar surface area (TPSA) is 67.2 Å². The van der Waals surface area contributed by atoms with Gasteiger partial charge in [-0.15, -0.1) is 0 Å². The Morgan fingerprint density at radius 2 is 2.25 bits per heavy atom. The second kappa shape index (κ2) is 7.83. The van der Waals surface area contributed by atoms with E-state index in [1.807, 2.05) is 18.2 Å². The molecule has 0 spiro atoms. The predicted molar refractivity (Wildman–Crippen MR) is 79.5 cm³/mol. The van der Waals surface area contributed by atoms with E-state index >= 15 is 0 Å². The van der Waals surface area contributed by atoms with Crippen LogP contribution in [0.4, 0.5) is 0 Å². The van der Waals surface area contributed by atoms with E-state index in [4.69, 9.17) is 4.74 Å². The van der Waals surface area contributed by atoms with Crippen LogP contribution in [0, 0.1) is 0 Å². The van der Waals surface area contributed by atoms with Crippen LogP contribution in [0.15, 0.2) is 40.6 Å². The summed E-state index contributed by atoms with van der Waals surface area (Å²) in [6, 6.07) is 5.47. The van der Waals surface area contributed by atoms with Crippen molar-refractivity contribution in [1.29, 1.82) is 0 Å². The van der Waals surface area contributed by atoms with Crippen LogP contribution in [0.2, 0.25) is 0 Å². The molecular weight excluding hydrogens is 256 g/mol. The molecule has 0 fully saturated rings. The fourth-order valence-electron chi connectivity index (χ4n) is 1.19. The highest BCUT2D eigenvalue weighted by molar-refractivity contribution is 5.82. The number of pyridine rings is 1. The molecule has 6 heteroatoms. The van der Waals surface area contributed by atoms with E-state index in [2.05, 4.69) is 21.7 Å². The summed E-state index contributed by atoms with van der Waals surface area (Å²) in [5, 5.41) is 0. The predicted octanol–water partition coefficient (Wildman–Crippen LogP) is 1.60. The van der Waals surface area contributed by atoms with Gasteiger partial charge in [0.05, 0.1) is 11.9 Å². The number of amides is 1. The van der Waals surface area contributed by atoms with Crippen LogP contribution < -0.4 is 0 Å². The first kappa shape index (κ1) is 15.6. The number of rotatable bonds is 5. The number of hydrogen-bond donors (Lipinski definition) is 0.